The van der Waals surface area contributed by atoms with Gasteiger partial charge in [0.05, 0.1) is 12.2 Å². The van der Waals surface area contributed by atoms with Gasteiger partial charge in [-0.2, -0.15) is 0 Å². The summed E-state index contributed by atoms with van der Waals surface area (Å²) in [5.41, 5.74) is 1.02. The van der Waals surface area contributed by atoms with Crippen LogP contribution in [-0.4, -0.2) is 24.3 Å². The average Bonchev–Trinajstić information content (AvgIpc) is 2.63. The smallest absolute Gasteiger partial charge is 0.434 e. The summed E-state index contributed by atoms with van der Waals surface area (Å²) in [5, 5.41) is 0. The molecule has 0 unspecified atom stereocenters. The molecule has 0 aromatic heterocycles. The quantitative estimate of drug-likeness (QED) is 0.397. The summed E-state index contributed by atoms with van der Waals surface area (Å²) in [7, 11) is 0. The second-order valence-electron chi connectivity index (χ2n) is 5.79. The van der Waals surface area contributed by atoms with Crippen LogP contribution in [0.25, 0.3) is 0 Å². The number of ketones is 2. The zero-order valence-corrected chi connectivity index (χ0v) is 13.9. The van der Waals surface area contributed by atoms with Crippen LogP contribution in [0, 0.1) is 0 Å². The molecule has 0 aliphatic heterocycles. The Morgan fingerprint density at radius 2 is 1.56 bits per heavy atom. The van der Waals surface area contributed by atoms with Crippen LogP contribution in [0.3, 0.4) is 0 Å². The molecule has 0 amide bonds. The van der Waals surface area contributed by atoms with Crippen molar-refractivity contribution >= 4 is 17.7 Å². The molecule has 1 aliphatic carbocycles. The Balaban J connectivity index is 1.86. The Labute approximate surface area is 145 Å². The highest BCUT2D eigenvalue weighted by Gasteiger charge is 2.32. The number of rotatable bonds is 5. The zero-order chi connectivity index (χ0) is 17.8. The SMILES string of the molecule is CCCCCOC(=O)Oc1cccc2c1C(=O)c1ccccc1C2=O. The third kappa shape index (κ3) is 3.31. The van der Waals surface area contributed by atoms with Gasteiger partial charge in [-0.3, -0.25) is 9.59 Å². The average molecular weight is 338 g/mol. The van der Waals surface area contributed by atoms with E-state index in [1.54, 1.807) is 36.4 Å². The minimum absolute atomic E-state index is 0.0471. The second kappa shape index (κ2) is 7.30. The maximum absolute atomic E-state index is 12.8. The lowest BCUT2D eigenvalue weighted by Crippen LogP contribution is -2.23. The van der Waals surface area contributed by atoms with Gasteiger partial charge in [0.15, 0.2) is 11.6 Å². The van der Waals surface area contributed by atoms with Gasteiger partial charge in [0.25, 0.3) is 0 Å². The Kier molecular flexibility index (Phi) is 4.93. The van der Waals surface area contributed by atoms with Crippen LogP contribution in [0.15, 0.2) is 42.5 Å². The Morgan fingerprint density at radius 3 is 2.28 bits per heavy atom. The summed E-state index contributed by atoms with van der Waals surface area (Å²) in [5.74, 6) is -0.544. The third-order valence-electron chi connectivity index (χ3n) is 4.08. The third-order valence-corrected chi connectivity index (χ3v) is 4.08. The molecule has 5 heteroatoms. The van der Waals surface area contributed by atoms with E-state index in [0.29, 0.717) is 11.1 Å². The summed E-state index contributed by atoms with van der Waals surface area (Å²) >= 11 is 0. The number of fused-ring (bicyclic) bond motifs is 2. The molecule has 0 spiro atoms. The van der Waals surface area contributed by atoms with Crippen molar-refractivity contribution in [3.05, 3.63) is 64.7 Å². The Bertz CT molecular complexity index is 838. The summed E-state index contributed by atoms with van der Waals surface area (Å²) in [6, 6.07) is 11.3. The van der Waals surface area contributed by atoms with Gasteiger partial charge in [0.1, 0.15) is 5.75 Å². The van der Waals surface area contributed by atoms with Crippen molar-refractivity contribution in [1.82, 2.24) is 0 Å². The van der Waals surface area contributed by atoms with Crippen LogP contribution < -0.4 is 4.74 Å². The van der Waals surface area contributed by atoms with E-state index in [-0.39, 0.29) is 35.0 Å². The van der Waals surface area contributed by atoms with E-state index in [2.05, 4.69) is 6.92 Å². The topological polar surface area (TPSA) is 69.7 Å². The number of carbonyl (C=O) groups excluding carboxylic acids is 3. The lowest BCUT2D eigenvalue weighted by molar-refractivity contribution is 0.0935. The van der Waals surface area contributed by atoms with Crippen molar-refractivity contribution in [2.75, 3.05) is 6.61 Å². The van der Waals surface area contributed by atoms with Crippen LogP contribution in [0.2, 0.25) is 0 Å². The standard InChI is InChI=1S/C20H18O5/c1-2-3-6-12-24-20(23)25-16-11-7-10-15-17(16)19(22)14-9-5-4-8-13(14)18(15)21/h4-5,7-11H,2-3,6,12H2,1H3. The van der Waals surface area contributed by atoms with Gasteiger partial charge in [-0.15, -0.1) is 0 Å². The van der Waals surface area contributed by atoms with E-state index >= 15 is 0 Å². The molecule has 0 N–H and O–H groups in total. The minimum atomic E-state index is -0.872. The molecule has 2 aromatic carbocycles. The normalized spacial score (nSPS) is 12.4. The first-order valence-electron chi connectivity index (χ1n) is 8.29. The van der Waals surface area contributed by atoms with Gasteiger partial charge in [-0.1, -0.05) is 56.2 Å². The first-order valence-corrected chi connectivity index (χ1v) is 8.29. The molecule has 3 rings (SSSR count). The fraction of sp³-hybridized carbons (Fsp3) is 0.250. The predicted octanol–water partition coefficient (Wildman–Crippen LogP) is 4.17. The van der Waals surface area contributed by atoms with Crippen molar-refractivity contribution in [3.63, 3.8) is 0 Å². The number of carbonyl (C=O) groups is 3. The number of unbranched alkanes of at least 4 members (excludes halogenated alkanes) is 2. The molecule has 0 fully saturated rings. The molecule has 1 aliphatic rings. The van der Waals surface area contributed by atoms with Crippen molar-refractivity contribution in [3.8, 4) is 5.75 Å². The minimum Gasteiger partial charge on any atom is -0.434 e. The van der Waals surface area contributed by atoms with Crippen LogP contribution in [-0.2, 0) is 4.74 Å². The first-order chi connectivity index (χ1) is 12.1. The Morgan fingerprint density at radius 1 is 0.880 bits per heavy atom. The van der Waals surface area contributed by atoms with Gasteiger partial charge in [0, 0.05) is 16.7 Å². The maximum atomic E-state index is 12.8. The lowest BCUT2D eigenvalue weighted by atomic mass is 9.84. The second-order valence-corrected chi connectivity index (χ2v) is 5.79. The fourth-order valence-electron chi connectivity index (χ4n) is 2.83. The van der Waals surface area contributed by atoms with Gasteiger partial charge in [0.2, 0.25) is 0 Å². The van der Waals surface area contributed by atoms with E-state index in [1.165, 1.54) is 6.07 Å². The van der Waals surface area contributed by atoms with Gasteiger partial charge < -0.3 is 9.47 Å². The van der Waals surface area contributed by atoms with Gasteiger partial charge in [-0.25, -0.2) is 4.79 Å². The molecule has 0 radical (unpaired) electrons. The van der Waals surface area contributed by atoms with Crippen molar-refractivity contribution in [1.29, 1.82) is 0 Å². The predicted molar refractivity (Wildman–Crippen MR) is 91.3 cm³/mol. The van der Waals surface area contributed by atoms with E-state index < -0.39 is 6.16 Å². The monoisotopic (exact) mass is 338 g/mol. The van der Waals surface area contributed by atoms with E-state index in [9.17, 15) is 14.4 Å². The molecule has 2 aromatic rings. The van der Waals surface area contributed by atoms with Crippen molar-refractivity contribution < 1.29 is 23.9 Å². The van der Waals surface area contributed by atoms with Gasteiger partial charge >= 0.3 is 6.16 Å². The Hall–Kier alpha value is -2.95. The molecular weight excluding hydrogens is 320 g/mol. The largest absolute Gasteiger partial charge is 0.513 e. The highest BCUT2D eigenvalue weighted by atomic mass is 16.7. The molecule has 0 heterocycles. The van der Waals surface area contributed by atoms with E-state index in [1.807, 2.05) is 0 Å². The van der Waals surface area contributed by atoms with Crippen LogP contribution in [0.1, 0.15) is 58.0 Å². The molecule has 0 saturated carbocycles. The number of hydrogen-bond acceptors (Lipinski definition) is 5. The number of ether oxygens (including phenoxy) is 2. The van der Waals surface area contributed by atoms with Crippen LogP contribution in [0.4, 0.5) is 4.79 Å². The lowest BCUT2D eigenvalue weighted by Gasteiger charge is -2.19. The highest BCUT2D eigenvalue weighted by molar-refractivity contribution is 6.29. The van der Waals surface area contributed by atoms with Gasteiger partial charge in [-0.05, 0) is 12.5 Å². The summed E-state index contributed by atoms with van der Waals surface area (Å²) in [4.78, 5) is 37.2. The molecule has 0 bridgehead atoms. The van der Waals surface area contributed by atoms with Crippen molar-refractivity contribution in [2.45, 2.75) is 26.2 Å². The summed E-state index contributed by atoms with van der Waals surface area (Å²) in [6.45, 7) is 2.31. The van der Waals surface area contributed by atoms with E-state index in [0.717, 1.165) is 19.3 Å². The number of hydrogen-bond donors (Lipinski definition) is 0. The molecule has 128 valence electrons. The molecule has 25 heavy (non-hydrogen) atoms. The van der Waals surface area contributed by atoms with E-state index in [4.69, 9.17) is 9.47 Å². The zero-order valence-electron chi connectivity index (χ0n) is 13.9. The molecule has 0 saturated heterocycles. The van der Waals surface area contributed by atoms with Crippen LogP contribution >= 0.6 is 0 Å². The summed E-state index contributed by atoms with van der Waals surface area (Å²) < 4.78 is 10.2. The fourth-order valence-corrected chi connectivity index (χ4v) is 2.83. The number of benzene rings is 2. The molecular formula is C20H18O5. The van der Waals surface area contributed by atoms with Crippen molar-refractivity contribution in [2.24, 2.45) is 0 Å². The molecule has 5 nitrogen and oxygen atoms in total. The first kappa shape index (κ1) is 16.9. The maximum Gasteiger partial charge on any atom is 0.513 e. The van der Waals surface area contributed by atoms with Crippen LogP contribution in [0.5, 0.6) is 5.75 Å². The molecule has 0 atom stereocenters. The summed E-state index contributed by atoms with van der Waals surface area (Å²) in [6.07, 6.45) is 1.85. The highest BCUT2D eigenvalue weighted by Crippen LogP contribution is 2.33.